The Bertz CT molecular complexity index is 1080. The van der Waals surface area contributed by atoms with Gasteiger partial charge in [-0.25, -0.2) is 17.5 Å². The minimum absolute atomic E-state index is 0.0585. The van der Waals surface area contributed by atoms with Crippen molar-refractivity contribution in [2.45, 2.75) is 32.4 Å². The normalized spacial score (nSPS) is 15.3. The van der Waals surface area contributed by atoms with Gasteiger partial charge in [-0.05, 0) is 62.1 Å². The Hall–Kier alpha value is -2.23. The fourth-order valence-corrected chi connectivity index (χ4v) is 5.44. The van der Waals surface area contributed by atoms with Gasteiger partial charge in [0.2, 0.25) is 15.9 Å². The van der Waals surface area contributed by atoms with Crippen molar-refractivity contribution in [1.82, 2.24) is 4.31 Å². The maximum absolute atomic E-state index is 12.8. The maximum Gasteiger partial charge on any atom is 0.338 e. The van der Waals surface area contributed by atoms with Crippen molar-refractivity contribution in [2.75, 3.05) is 25.0 Å². The van der Waals surface area contributed by atoms with Gasteiger partial charge in [-0.15, -0.1) is 0 Å². The van der Waals surface area contributed by atoms with Crippen LogP contribution in [-0.2, 0) is 25.3 Å². The largest absolute Gasteiger partial charge is 0.462 e. The second kappa shape index (κ2) is 10.6. The maximum atomic E-state index is 12.8. The van der Waals surface area contributed by atoms with E-state index >= 15 is 0 Å². The zero-order valence-corrected chi connectivity index (χ0v) is 20.5. The number of carbonyl (C=O) groups is 2. The van der Waals surface area contributed by atoms with Crippen LogP contribution in [0.1, 0.15) is 41.3 Å². The number of aryl methyl sites for hydroxylation is 1. The third-order valence-corrected chi connectivity index (χ3v) is 7.87. The number of halogens is 1. The highest BCUT2D eigenvalue weighted by Crippen LogP contribution is 2.25. The quantitative estimate of drug-likeness (QED) is 0.552. The van der Waals surface area contributed by atoms with Gasteiger partial charge in [0.1, 0.15) is 0 Å². The molecule has 0 aromatic heterocycles. The molecule has 7 nitrogen and oxygen atoms in total. The number of piperidine rings is 1. The predicted octanol–water partition coefficient (Wildman–Crippen LogP) is 4.11. The standard InChI is InChI=1S/C23H27BrN2O5S/c1-3-31-23(28)19-7-4-16(2)21(14-19)25-22(27)18-10-12-26(13-11-18)32(29,30)15-17-5-8-20(24)9-6-17/h4-9,14,18H,3,10-13,15H2,1-2H3,(H,25,27). The van der Waals surface area contributed by atoms with E-state index in [-0.39, 0.29) is 24.2 Å². The predicted molar refractivity (Wildman–Crippen MR) is 127 cm³/mol. The van der Waals surface area contributed by atoms with Gasteiger partial charge in [0.25, 0.3) is 0 Å². The molecule has 1 aliphatic heterocycles. The molecule has 3 rings (SSSR count). The molecule has 1 amide bonds. The molecule has 0 bridgehead atoms. The molecule has 0 aliphatic carbocycles. The van der Waals surface area contributed by atoms with Gasteiger partial charge < -0.3 is 10.1 Å². The van der Waals surface area contributed by atoms with Gasteiger partial charge >= 0.3 is 5.97 Å². The van der Waals surface area contributed by atoms with E-state index in [1.54, 1.807) is 37.3 Å². The summed E-state index contributed by atoms with van der Waals surface area (Å²) in [4.78, 5) is 24.8. The number of benzene rings is 2. The van der Waals surface area contributed by atoms with Crippen LogP contribution < -0.4 is 5.32 Å². The zero-order valence-electron chi connectivity index (χ0n) is 18.1. The fourth-order valence-electron chi connectivity index (χ4n) is 3.61. The summed E-state index contributed by atoms with van der Waals surface area (Å²) in [6, 6.07) is 12.3. The Morgan fingerprint density at radius 1 is 1.12 bits per heavy atom. The smallest absolute Gasteiger partial charge is 0.338 e. The molecular formula is C23H27BrN2O5S. The third-order valence-electron chi connectivity index (χ3n) is 5.49. The molecule has 0 radical (unpaired) electrons. The molecule has 1 fully saturated rings. The van der Waals surface area contributed by atoms with Gasteiger partial charge in [-0.1, -0.05) is 34.1 Å². The van der Waals surface area contributed by atoms with Crippen molar-refractivity contribution < 1.29 is 22.7 Å². The SMILES string of the molecule is CCOC(=O)c1ccc(C)c(NC(=O)C2CCN(S(=O)(=O)Cc3ccc(Br)cc3)CC2)c1. The van der Waals surface area contributed by atoms with Crippen LogP contribution in [0.15, 0.2) is 46.9 Å². The highest BCUT2D eigenvalue weighted by Gasteiger charge is 2.31. The van der Waals surface area contributed by atoms with Crippen molar-refractivity contribution >= 4 is 43.5 Å². The average molecular weight is 523 g/mol. The molecule has 0 spiro atoms. The molecule has 2 aromatic rings. The second-order valence-corrected chi connectivity index (χ2v) is 10.7. The molecule has 9 heteroatoms. The van der Waals surface area contributed by atoms with E-state index in [1.807, 2.05) is 19.1 Å². The summed E-state index contributed by atoms with van der Waals surface area (Å²) in [7, 11) is -3.45. The summed E-state index contributed by atoms with van der Waals surface area (Å²) in [6.45, 7) is 4.47. The Morgan fingerprint density at radius 2 is 1.78 bits per heavy atom. The molecule has 1 saturated heterocycles. The van der Waals surface area contributed by atoms with Crippen molar-refractivity contribution in [2.24, 2.45) is 5.92 Å². The topological polar surface area (TPSA) is 92.8 Å². The Morgan fingerprint density at radius 3 is 2.41 bits per heavy atom. The number of nitrogens with one attached hydrogen (secondary N) is 1. The number of ether oxygens (including phenoxy) is 1. The van der Waals surface area contributed by atoms with Crippen LogP contribution in [0.25, 0.3) is 0 Å². The van der Waals surface area contributed by atoms with E-state index in [1.165, 1.54) is 4.31 Å². The molecule has 0 atom stereocenters. The Labute approximate surface area is 197 Å². The van der Waals surface area contributed by atoms with Gasteiger partial charge in [-0.2, -0.15) is 0 Å². The van der Waals surface area contributed by atoms with Gasteiger partial charge in [-0.3, -0.25) is 4.79 Å². The first-order valence-electron chi connectivity index (χ1n) is 10.5. The average Bonchev–Trinajstić information content (AvgIpc) is 2.77. The van der Waals surface area contributed by atoms with Crippen molar-refractivity contribution in [3.05, 3.63) is 63.6 Å². The molecule has 1 aliphatic rings. The van der Waals surface area contributed by atoms with Crippen molar-refractivity contribution in [3.8, 4) is 0 Å². The lowest BCUT2D eigenvalue weighted by Crippen LogP contribution is -2.41. The monoisotopic (exact) mass is 522 g/mol. The Balaban J connectivity index is 1.59. The lowest BCUT2D eigenvalue weighted by atomic mass is 9.97. The highest BCUT2D eigenvalue weighted by molar-refractivity contribution is 9.10. The molecule has 1 heterocycles. The first kappa shape index (κ1) is 24.4. The number of rotatable bonds is 7. The minimum Gasteiger partial charge on any atom is -0.462 e. The summed E-state index contributed by atoms with van der Waals surface area (Å²) in [5, 5.41) is 2.90. The lowest BCUT2D eigenvalue weighted by molar-refractivity contribution is -0.120. The van der Waals surface area contributed by atoms with E-state index in [2.05, 4.69) is 21.2 Å². The van der Waals surface area contributed by atoms with Crippen LogP contribution >= 0.6 is 15.9 Å². The van der Waals surface area contributed by atoms with Crippen LogP contribution in [0.3, 0.4) is 0 Å². The van der Waals surface area contributed by atoms with Crippen LogP contribution in [0.5, 0.6) is 0 Å². The van der Waals surface area contributed by atoms with E-state index in [0.29, 0.717) is 37.2 Å². The number of hydrogen-bond acceptors (Lipinski definition) is 5. The zero-order chi connectivity index (χ0) is 23.3. The molecular weight excluding hydrogens is 496 g/mol. The van der Waals surface area contributed by atoms with Gasteiger partial charge in [0.15, 0.2) is 0 Å². The summed E-state index contributed by atoms with van der Waals surface area (Å²) < 4.78 is 32.9. The molecule has 0 unspecified atom stereocenters. The Kier molecular flexibility index (Phi) is 8.08. The van der Waals surface area contributed by atoms with Crippen molar-refractivity contribution in [1.29, 1.82) is 0 Å². The first-order chi connectivity index (χ1) is 15.2. The number of carbonyl (C=O) groups excluding carboxylic acids is 2. The lowest BCUT2D eigenvalue weighted by Gasteiger charge is -2.30. The molecule has 0 saturated carbocycles. The first-order valence-corrected chi connectivity index (χ1v) is 12.9. The van der Waals surface area contributed by atoms with Crippen LogP contribution in [-0.4, -0.2) is 44.3 Å². The molecule has 32 heavy (non-hydrogen) atoms. The second-order valence-electron chi connectivity index (χ2n) is 7.80. The number of esters is 1. The molecule has 2 aromatic carbocycles. The van der Waals surface area contributed by atoms with Crippen LogP contribution in [0.2, 0.25) is 0 Å². The van der Waals surface area contributed by atoms with Crippen LogP contribution in [0, 0.1) is 12.8 Å². The van der Waals surface area contributed by atoms with Gasteiger partial charge in [0.05, 0.1) is 17.9 Å². The van der Waals surface area contributed by atoms with E-state index in [9.17, 15) is 18.0 Å². The summed E-state index contributed by atoms with van der Waals surface area (Å²) in [5.74, 6) is -0.956. The van der Waals surface area contributed by atoms with Gasteiger partial charge in [0, 0.05) is 29.2 Å². The summed E-state index contributed by atoms with van der Waals surface area (Å²) in [5.41, 5.74) is 2.50. The number of amides is 1. The molecule has 1 N–H and O–H groups in total. The van der Waals surface area contributed by atoms with Crippen LogP contribution in [0.4, 0.5) is 5.69 Å². The molecule has 172 valence electrons. The van der Waals surface area contributed by atoms with E-state index in [4.69, 9.17) is 4.74 Å². The summed E-state index contributed by atoms with van der Waals surface area (Å²) >= 11 is 3.35. The number of sulfonamides is 1. The number of hydrogen-bond donors (Lipinski definition) is 1. The van der Waals surface area contributed by atoms with E-state index < -0.39 is 16.0 Å². The van der Waals surface area contributed by atoms with E-state index in [0.717, 1.165) is 15.6 Å². The fraction of sp³-hybridized carbons (Fsp3) is 0.391. The van der Waals surface area contributed by atoms with Crippen molar-refractivity contribution in [3.63, 3.8) is 0 Å². The number of anilines is 1. The third kappa shape index (κ3) is 6.17. The highest BCUT2D eigenvalue weighted by atomic mass is 79.9. The number of nitrogens with zero attached hydrogens (tertiary/aromatic N) is 1. The minimum atomic E-state index is -3.45. The summed E-state index contributed by atoms with van der Waals surface area (Å²) in [6.07, 6.45) is 0.893.